The van der Waals surface area contributed by atoms with Gasteiger partial charge in [0.25, 0.3) is 0 Å². The van der Waals surface area contributed by atoms with Crippen LogP contribution in [0.25, 0.3) is 0 Å². The maximum absolute atomic E-state index is 6.24. The number of halogens is 2. The van der Waals surface area contributed by atoms with Gasteiger partial charge in [0.1, 0.15) is 0 Å². The average Bonchev–Trinajstić information content (AvgIpc) is 2.78. The molecule has 0 aliphatic heterocycles. The summed E-state index contributed by atoms with van der Waals surface area (Å²) in [4.78, 5) is 3.52. The Balaban J connectivity index is 2.20. The number of nitrogens with zero attached hydrogens (tertiary/aromatic N) is 1. The Labute approximate surface area is 137 Å². The minimum atomic E-state index is 0.0491. The maximum Gasteiger partial charge on any atom is 0.0702 e. The Hall–Kier alpha value is -0.390. The van der Waals surface area contributed by atoms with Gasteiger partial charge in [0.05, 0.1) is 9.83 Å². The second-order valence-corrected chi connectivity index (χ2v) is 7.85. The highest BCUT2D eigenvalue weighted by Crippen LogP contribution is 2.33. The third-order valence-corrected chi connectivity index (χ3v) is 5.30. The number of nitrogens with two attached hydrogens (primary N) is 1. The molecular formula is C15H18BrClN2S. The van der Waals surface area contributed by atoms with E-state index in [1.54, 1.807) is 11.3 Å². The summed E-state index contributed by atoms with van der Waals surface area (Å²) in [6, 6.07) is 12.4. The third-order valence-electron chi connectivity index (χ3n) is 3.24. The molecule has 2 aromatic rings. The van der Waals surface area contributed by atoms with E-state index in [4.69, 9.17) is 17.3 Å². The molecule has 0 amide bonds. The number of hydrogen-bond donors (Lipinski definition) is 1. The molecular weight excluding hydrogens is 356 g/mol. The van der Waals surface area contributed by atoms with Crippen molar-refractivity contribution in [3.8, 4) is 0 Å². The minimum absolute atomic E-state index is 0.0491. The SMILES string of the molecule is CC(N)C(c1ccc(Br)s1)N(C)Cc1ccccc1Cl. The van der Waals surface area contributed by atoms with Gasteiger partial charge in [0, 0.05) is 22.5 Å². The first-order chi connectivity index (χ1) is 9.49. The molecule has 20 heavy (non-hydrogen) atoms. The molecule has 2 N–H and O–H groups in total. The summed E-state index contributed by atoms with van der Waals surface area (Å²) in [7, 11) is 2.09. The van der Waals surface area contributed by atoms with Crippen molar-refractivity contribution in [3.63, 3.8) is 0 Å². The molecule has 2 rings (SSSR count). The van der Waals surface area contributed by atoms with E-state index in [0.717, 1.165) is 20.9 Å². The first-order valence-corrected chi connectivity index (χ1v) is 8.42. The lowest BCUT2D eigenvalue weighted by atomic mass is 10.1. The van der Waals surface area contributed by atoms with Gasteiger partial charge in [0.2, 0.25) is 0 Å². The second kappa shape index (κ2) is 7.05. The summed E-state index contributed by atoms with van der Waals surface area (Å²) in [6.07, 6.45) is 0. The van der Waals surface area contributed by atoms with Gasteiger partial charge in [-0.2, -0.15) is 0 Å². The van der Waals surface area contributed by atoms with E-state index in [1.807, 2.05) is 25.1 Å². The zero-order valence-corrected chi connectivity index (χ0v) is 14.7. The van der Waals surface area contributed by atoms with Crippen LogP contribution in [0.5, 0.6) is 0 Å². The Morgan fingerprint density at radius 3 is 2.55 bits per heavy atom. The van der Waals surface area contributed by atoms with Crippen molar-refractivity contribution in [2.45, 2.75) is 25.6 Å². The van der Waals surface area contributed by atoms with Crippen molar-refractivity contribution in [1.82, 2.24) is 4.90 Å². The van der Waals surface area contributed by atoms with Gasteiger partial charge in [-0.3, -0.25) is 4.90 Å². The molecule has 0 fully saturated rings. The molecule has 2 nitrogen and oxygen atoms in total. The fourth-order valence-corrected chi connectivity index (χ4v) is 4.26. The topological polar surface area (TPSA) is 29.3 Å². The summed E-state index contributed by atoms with van der Waals surface area (Å²) < 4.78 is 1.13. The lowest BCUT2D eigenvalue weighted by molar-refractivity contribution is 0.214. The molecule has 0 saturated heterocycles. The van der Waals surface area contributed by atoms with Gasteiger partial charge in [0.15, 0.2) is 0 Å². The molecule has 0 radical (unpaired) electrons. The highest BCUT2D eigenvalue weighted by Gasteiger charge is 2.23. The largest absolute Gasteiger partial charge is 0.326 e. The Morgan fingerprint density at radius 2 is 2.00 bits per heavy atom. The van der Waals surface area contributed by atoms with Crippen LogP contribution in [0.4, 0.5) is 0 Å². The summed E-state index contributed by atoms with van der Waals surface area (Å²) >= 11 is 11.5. The third kappa shape index (κ3) is 3.83. The quantitative estimate of drug-likeness (QED) is 0.824. The molecule has 0 aliphatic carbocycles. The van der Waals surface area contributed by atoms with Crippen molar-refractivity contribution in [2.24, 2.45) is 5.73 Å². The molecule has 2 atom stereocenters. The normalized spacial score (nSPS) is 14.5. The van der Waals surface area contributed by atoms with Crippen LogP contribution in [0.2, 0.25) is 5.02 Å². The van der Waals surface area contributed by atoms with Crippen LogP contribution >= 0.6 is 38.9 Å². The van der Waals surface area contributed by atoms with Crippen molar-refractivity contribution in [3.05, 3.63) is 55.6 Å². The van der Waals surface area contributed by atoms with E-state index in [0.29, 0.717) is 0 Å². The molecule has 0 bridgehead atoms. The molecule has 2 unspecified atom stereocenters. The van der Waals surface area contributed by atoms with E-state index in [1.165, 1.54) is 4.88 Å². The number of benzene rings is 1. The summed E-state index contributed by atoms with van der Waals surface area (Å²) in [5, 5.41) is 0.801. The van der Waals surface area contributed by atoms with Gasteiger partial charge in [-0.1, -0.05) is 29.8 Å². The van der Waals surface area contributed by atoms with E-state index in [2.05, 4.69) is 46.1 Å². The van der Waals surface area contributed by atoms with Crippen molar-refractivity contribution < 1.29 is 0 Å². The van der Waals surface area contributed by atoms with E-state index < -0.39 is 0 Å². The number of thiophene rings is 1. The van der Waals surface area contributed by atoms with Crippen LogP contribution in [-0.2, 0) is 6.54 Å². The second-order valence-electron chi connectivity index (χ2n) is 4.95. The minimum Gasteiger partial charge on any atom is -0.326 e. The molecule has 5 heteroatoms. The van der Waals surface area contributed by atoms with Crippen molar-refractivity contribution >= 4 is 38.9 Å². The zero-order chi connectivity index (χ0) is 14.7. The van der Waals surface area contributed by atoms with E-state index in [9.17, 15) is 0 Å². The maximum atomic E-state index is 6.24. The van der Waals surface area contributed by atoms with Crippen LogP contribution in [0.1, 0.15) is 23.4 Å². The number of likely N-dealkylation sites (N-methyl/N-ethyl adjacent to an activating group) is 1. The number of rotatable bonds is 5. The molecule has 1 heterocycles. The standard InChI is InChI=1S/C15H18BrClN2S/c1-10(18)15(13-7-8-14(16)20-13)19(2)9-11-5-3-4-6-12(11)17/h3-8,10,15H,9,18H2,1-2H3. The van der Waals surface area contributed by atoms with Crippen LogP contribution < -0.4 is 5.73 Å². The lowest BCUT2D eigenvalue weighted by Crippen LogP contribution is -2.36. The Bertz CT molecular complexity index is 571. The number of hydrogen-bond acceptors (Lipinski definition) is 3. The van der Waals surface area contributed by atoms with Gasteiger partial charge < -0.3 is 5.73 Å². The fourth-order valence-electron chi connectivity index (χ4n) is 2.36. The van der Waals surface area contributed by atoms with Gasteiger partial charge in [-0.15, -0.1) is 11.3 Å². The van der Waals surface area contributed by atoms with Gasteiger partial charge in [-0.25, -0.2) is 0 Å². The van der Waals surface area contributed by atoms with Crippen LogP contribution in [0, 0.1) is 0 Å². The summed E-state index contributed by atoms with van der Waals surface area (Å²) in [5.41, 5.74) is 7.31. The highest BCUT2D eigenvalue weighted by molar-refractivity contribution is 9.11. The predicted octanol–water partition coefficient (Wildman–Crippen LogP) is 4.68. The fraction of sp³-hybridized carbons (Fsp3) is 0.333. The summed E-state index contributed by atoms with van der Waals surface area (Å²) in [6.45, 7) is 2.82. The molecule has 108 valence electrons. The molecule has 1 aromatic carbocycles. The van der Waals surface area contributed by atoms with E-state index in [-0.39, 0.29) is 12.1 Å². The smallest absolute Gasteiger partial charge is 0.0702 e. The first-order valence-electron chi connectivity index (χ1n) is 6.43. The first kappa shape index (κ1) is 16.0. The van der Waals surface area contributed by atoms with Crippen LogP contribution in [-0.4, -0.2) is 18.0 Å². The molecule has 0 saturated carbocycles. The monoisotopic (exact) mass is 372 g/mol. The Morgan fingerprint density at radius 1 is 1.30 bits per heavy atom. The van der Waals surface area contributed by atoms with Crippen LogP contribution in [0.15, 0.2) is 40.2 Å². The lowest BCUT2D eigenvalue weighted by Gasteiger charge is -2.30. The van der Waals surface area contributed by atoms with Gasteiger partial charge in [-0.05, 0) is 53.7 Å². The molecule has 1 aromatic heterocycles. The summed E-state index contributed by atoms with van der Waals surface area (Å²) in [5.74, 6) is 0. The highest BCUT2D eigenvalue weighted by atomic mass is 79.9. The van der Waals surface area contributed by atoms with Crippen LogP contribution in [0.3, 0.4) is 0 Å². The molecule has 0 spiro atoms. The van der Waals surface area contributed by atoms with Gasteiger partial charge >= 0.3 is 0 Å². The van der Waals surface area contributed by atoms with E-state index >= 15 is 0 Å². The predicted molar refractivity (Wildman–Crippen MR) is 91.3 cm³/mol. The average molecular weight is 374 g/mol. The molecule has 0 aliphatic rings. The zero-order valence-electron chi connectivity index (χ0n) is 11.5. The Kier molecular flexibility index (Phi) is 5.64. The van der Waals surface area contributed by atoms with Crippen molar-refractivity contribution in [1.29, 1.82) is 0 Å². The van der Waals surface area contributed by atoms with Crippen molar-refractivity contribution in [2.75, 3.05) is 7.05 Å².